The maximum atomic E-state index is 13.9. The number of carboxylic acids is 1. The Morgan fingerprint density at radius 3 is 2.66 bits per heavy atom. The van der Waals surface area contributed by atoms with E-state index >= 15 is 0 Å². The molecule has 0 spiro atoms. The fourth-order valence-corrected chi connectivity index (χ4v) is 4.21. The van der Waals surface area contributed by atoms with Crippen molar-refractivity contribution in [2.45, 2.75) is 19.4 Å². The molecular formula is C27H22FNO6. The molecular weight excluding hydrogens is 453 g/mol. The number of carbonyl (C=O) groups excluding carboxylic acids is 1. The minimum Gasteiger partial charge on any atom is -0.490 e. The van der Waals surface area contributed by atoms with Gasteiger partial charge in [0, 0.05) is 16.6 Å². The van der Waals surface area contributed by atoms with Crippen molar-refractivity contribution in [2.75, 3.05) is 13.2 Å². The van der Waals surface area contributed by atoms with Gasteiger partial charge in [-0.15, -0.1) is 0 Å². The van der Waals surface area contributed by atoms with Crippen molar-refractivity contribution >= 4 is 22.8 Å². The minimum absolute atomic E-state index is 0.0779. The molecule has 3 aromatic carbocycles. The number of ether oxygens (including phenoxy) is 3. The lowest BCUT2D eigenvalue weighted by Gasteiger charge is -2.26. The first-order valence-electron chi connectivity index (χ1n) is 11.1. The molecule has 0 radical (unpaired) electrons. The summed E-state index contributed by atoms with van der Waals surface area (Å²) in [5.41, 5.74) is 2.48. The van der Waals surface area contributed by atoms with Crippen LogP contribution in [-0.2, 0) is 11.2 Å². The third-order valence-electron chi connectivity index (χ3n) is 5.84. The fraction of sp³-hybridized carbons (Fsp3) is 0.185. The lowest BCUT2D eigenvalue weighted by Crippen LogP contribution is -2.34. The van der Waals surface area contributed by atoms with Gasteiger partial charge in [0.1, 0.15) is 19.0 Å². The van der Waals surface area contributed by atoms with Crippen LogP contribution < -0.4 is 14.2 Å². The first-order valence-corrected chi connectivity index (χ1v) is 11.1. The van der Waals surface area contributed by atoms with E-state index in [1.54, 1.807) is 59.2 Å². The number of hydrogen-bond acceptors (Lipinski definition) is 5. The van der Waals surface area contributed by atoms with Gasteiger partial charge in [-0.1, -0.05) is 18.2 Å². The second kappa shape index (κ2) is 9.13. The maximum absolute atomic E-state index is 13.9. The molecule has 1 aromatic heterocycles. The third-order valence-corrected chi connectivity index (χ3v) is 5.84. The van der Waals surface area contributed by atoms with Crippen LogP contribution in [0.5, 0.6) is 17.2 Å². The van der Waals surface area contributed by atoms with Gasteiger partial charge in [-0.05, 0) is 61.0 Å². The number of carbonyl (C=O) groups is 2. The van der Waals surface area contributed by atoms with E-state index in [2.05, 4.69) is 0 Å². The van der Waals surface area contributed by atoms with Crippen LogP contribution in [0.15, 0.2) is 66.7 Å². The highest BCUT2D eigenvalue weighted by atomic mass is 19.1. The number of aryl methyl sites for hydroxylation is 1. The summed E-state index contributed by atoms with van der Waals surface area (Å²) in [4.78, 5) is 24.5. The summed E-state index contributed by atoms with van der Waals surface area (Å²) in [5.74, 6) is -0.668. The molecule has 7 nitrogen and oxygen atoms in total. The van der Waals surface area contributed by atoms with Crippen molar-refractivity contribution < 1.29 is 33.3 Å². The van der Waals surface area contributed by atoms with Crippen LogP contribution >= 0.6 is 0 Å². The van der Waals surface area contributed by atoms with Gasteiger partial charge in [-0.3, -0.25) is 14.2 Å². The number of fused-ring (bicyclic) bond motifs is 2. The molecule has 4 aromatic rings. The second-order valence-corrected chi connectivity index (χ2v) is 8.30. The molecule has 0 unspecified atom stereocenters. The zero-order valence-electron chi connectivity index (χ0n) is 18.9. The Morgan fingerprint density at radius 2 is 1.89 bits per heavy atom. The number of para-hydroxylation sites is 1. The highest BCUT2D eigenvalue weighted by molar-refractivity contribution is 6.04. The summed E-state index contributed by atoms with van der Waals surface area (Å²) in [7, 11) is 0. The van der Waals surface area contributed by atoms with E-state index < -0.39 is 17.9 Å². The van der Waals surface area contributed by atoms with Gasteiger partial charge in [-0.25, -0.2) is 4.39 Å². The molecule has 0 bridgehead atoms. The highest BCUT2D eigenvalue weighted by Crippen LogP contribution is 2.34. The summed E-state index contributed by atoms with van der Waals surface area (Å²) >= 11 is 0. The monoisotopic (exact) mass is 475 g/mol. The Kier molecular flexibility index (Phi) is 5.86. The summed E-state index contributed by atoms with van der Waals surface area (Å²) in [6, 6.07) is 18.3. The van der Waals surface area contributed by atoms with E-state index in [0.717, 1.165) is 5.39 Å². The summed E-state index contributed by atoms with van der Waals surface area (Å²) in [6.45, 7) is 2.19. The number of rotatable bonds is 6. The van der Waals surface area contributed by atoms with E-state index in [4.69, 9.17) is 14.2 Å². The van der Waals surface area contributed by atoms with Crippen LogP contribution in [0.25, 0.3) is 10.9 Å². The summed E-state index contributed by atoms with van der Waals surface area (Å²) in [5, 5.41) is 9.93. The molecule has 35 heavy (non-hydrogen) atoms. The molecule has 0 amide bonds. The highest BCUT2D eigenvalue weighted by Gasteiger charge is 2.24. The first-order chi connectivity index (χ1) is 16.9. The van der Waals surface area contributed by atoms with Gasteiger partial charge < -0.3 is 19.3 Å². The van der Waals surface area contributed by atoms with Gasteiger partial charge >= 0.3 is 5.97 Å². The molecule has 1 aliphatic heterocycles. The van der Waals surface area contributed by atoms with Crippen molar-refractivity contribution in [1.82, 2.24) is 4.57 Å². The Balaban J connectivity index is 1.29. The van der Waals surface area contributed by atoms with Crippen molar-refractivity contribution in [1.29, 1.82) is 0 Å². The Labute approximate surface area is 200 Å². The van der Waals surface area contributed by atoms with Crippen LogP contribution in [0.2, 0.25) is 0 Å². The van der Waals surface area contributed by atoms with Crippen LogP contribution in [0.3, 0.4) is 0 Å². The molecule has 0 aliphatic carbocycles. The Morgan fingerprint density at radius 1 is 1.11 bits per heavy atom. The van der Waals surface area contributed by atoms with Crippen molar-refractivity contribution in [3.05, 3.63) is 89.4 Å². The van der Waals surface area contributed by atoms with E-state index in [1.165, 1.54) is 6.07 Å². The Hall–Kier alpha value is -4.33. The topological polar surface area (TPSA) is 87.0 Å². The van der Waals surface area contributed by atoms with E-state index in [9.17, 15) is 19.1 Å². The summed E-state index contributed by atoms with van der Waals surface area (Å²) < 4.78 is 32.5. The molecule has 178 valence electrons. The Bertz CT molecular complexity index is 1430. The van der Waals surface area contributed by atoms with Crippen LogP contribution in [-0.4, -0.2) is 40.9 Å². The maximum Gasteiger partial charge on any atom is 0.307 e. The largest absolute Gasteiger partial charge is 0.490 e. The third kappa shape index (κ3) is 4.42. The van der Waals surface area contributed by atoms with Gasteiger partial charge in [0.05, 0.1) is 11.9 Å². The zero-order chi connectivity index (χ0) is 24.5. The molecule has 1 N–H and O–H groups in total. The molecule has 0 saturated carbocycles. The number of halogens is 1. The zero-order valence-corrected chi connectivity index (χ0v) is 18.9. The number of benzene rings is 3. The molecule has 1 aliphatic rings. The van der Waals surface area contributed by atoms with Crippen molar-refractivity contribution in [3.8, 4) is 17.2 Å². The van der Waals surface area contributed by atoms with Crippen LogP contribution in [0.4, 0.5) is 4.39 Å². The van der Waals surface area contributed by atoms with Crippen LogP contribution in [0, 0.1) is 12.7 Å². The standard InChI is InChI=1S/C27H22FNO6/c1-16-12-21-18(13-25(30)31)4-2-6-23(21)29(16)27(32)17-8-10-19(11-9-17)33-14-20-15-34-24-7-3-5-22(28)26(24)35-20/h2-12,20H,13-15H2,1H3,(H,30,31)/t20-/m0/s1. The second-order valence-electron chi connectivity index (χ2n) is 8.30. The van der Waals surface area contributed by atoms with Crippen molar-refractivity contribution in [2.24, 2.45) is 0 Å². The van der Waals surface area contributed by atoms with Crippen LogP contribution in [0.1, 0.15) is 21.6 Å². The summed E-state index contributed by atoms with van der Waals surface area (Å²) in [6.07, 6.45) is -0.593. The molecule has 5 rings (SSSR count). The van der Waals surface area contributed by atoms with Gasteiger partial charge in [0.15, 0.2) is 23.4 Å². The SMILES string of the molecule is Cc1cc2c(CC(=O)O)cccc2n1C(=O)c1ccc(OC[C@H]2COc3cccc(F)c3O2)cc1. The first kappa shape index (κ1) is 22.5. The predicted molar refractivity (Wildman–Crippen MR) is 126 cm³/mol. The number of aliphatic carboxylic acids is 1. The van der Waals surface area contributed by atoms with E-state index in [-0.39, 0.29) is 31.3 Å². The van der Waals surface area contributed by atoms with Gasteiger partial charge in [0.25, 0.3) is 5.91 Å². The number of aromatic nitrogens is 1. The average Bonchev–Trinajstić information content (AvgIpc) is 3.19. The smallest absolute Gasteiger partial charge is 0.307 e. The van der Waals surface area contributed by atoms with Gasteiger partial charge in [-0.2, -0.15) is 0 Å². The number of carboxylic acid groups (broad SMARTS) is 1. The molecule has 8 heteroatoms. The average molecular weight is 475 g/mol. The number of hydrogen-bond donors (Lipinski definition) is 1. The molecule has 0 saturated heterocycles. The lowest BCUT2D eigenvalue weighted by molar-refractivity contribution is -0.136. The lowest BCUT2D eigenvalue weighted by atomic mass is 10.1. The normalized spacial score (nSPS) is 14.6. The molecule has 1 atom stereocenters. The fourth-order valence-electron chi connectivity index (χ4n) is 4.21. The van der Waals surface area contributed by atoms with Gasteiger partial charge in [0.2, 0.25) is 0 Å². The number of nitrogens with zero attached hydrogens (tertiary/aromatic N) is 1. The molecule has 2 heterocycles. The van der Waals surface area contributed by atoms with E-state index in [1.807, 2.05) is 13.0 Å². The minimum atomic E-state index is -0.927. The predicted octanol–water partition coefficient (Wildman–Crippen LogP) is 4.62. The van der Waals surface area contributed by atoms with Crippen molar-refractivity contribution in [3.63, 3.8) is 0 Å². The molecule has 0 fully saturated rings. The van der Waals surface area contributed by atoms with E-state index in [0.29, 0.717) is 33.8 Å². The quantitative estimate of drug-likeness (QED) is 0.438.